The van der Waals surface area contributed by atoms with Crippen LogP contribution < -0.4 is 0 Å². The molecule has 0 nitrogen and oxygen atoms in total. The molecule has 0 aliphatic heterocycles. The first-order valence-electron chi connectivity index (χ1n) is 13.3. The van der Waals surface area contributed by atoms with Gasteiger partial charge in [-0.2, -0.15) is 0 Å². The van der Waals surface area contributed by atoms with Gasteiger partial charge in [-0.25, -0.2) is 0 Å². The lowest BCUT2D eigenvalue weighted by atomic mass is 9.89. The van der Waals surface area contributed by atoms with Gasteiger partial charge >= 0.3 is 0 Å². The quantitative estimate of drug-likeness (QED) is 0.214. The van der Waals surface area contributed by atoms with Gasteiger partial charge in [0.15, 0.2) is 0 Å². The summed E-state index contributed by atoms with van der Waals surface area (Å²) in [4.78, 5) is 2.62. The lowest BCUT2D eigenvalue weighted by Crippen LogP contribution is -1.89. The highest BCUT2D eigenvalue weighted by Crippen LogP contribution is 2.49. The van der Waals surface area contributed by atoms with E-state index in [1.54, 1.807) is 0 Å². The topological polar surface area (TPSA) is 0 Å². The number of hydrogen-bond acceptors (Lipinski definition) is 1. The first-order valence-corrected chi connectivity index (χ1v) is 14.1. The first-order chi connectivity index (χ1) is 19.4. The number of fused-ring (bicyclic) bond motifs is 1. The fraction of sp³-hybridized carbons (Fsp3) is 0. The molecule has 0 saturated heterocycles. The number of benzene rings is 6. The molecule has 7 rings (SSSR count). The van der Waals surface area contributed by atoms with E-state index in [1.165, 1.54) is 65.0 Å². The molecule has 0 radical (unpaired) electrons. The van der Waals surface area contributed by atoms with Crippen molar-refractivity contribution in [2.75, 3.05) is 0 Å². The van der Waals surface area contributed by atoms with E-state index in [0.29, 0.717) is 0 Å². The number of thiophene rings is 1. The Morgan fingerprint density at radius 2 is 0.795 bits per heavy atom. The van der Waals surface area contributed by atoms with Crippen LogP contribution in [0.1, 0.15) is 0 Å². The van der Waals surface area contributed by atoms with Crippen molar-refractivity contribution in [3.63, 3.8) is 0 Å². The predicted molar refractivity (Wildman–Crippen MR) is 169 cm³/mol. The highest BCUT2D eigenvalue weighted by molar-refractivity contribution is 7.21. The summed E-state index contributed by atoms with van der Waals surface area (Å²) in [5.41, 5.74) is 10.0. The fourth-order valence-electron chi connectivity index (χ4n) is 5.49. The van der Waals surface area contributed by atoms with Gasteiger partial charge in [-0.1, -0.05) is 152 Å². The lowest BCUT2D eigenvalue weighted by Gasteiger charge is -2.15. The van der Waals surface area contributed by atoms with Crippen LogP contribution in [0.4, 0.5) is 0 Å². The monoisotopic (exact) mass is 514 g/mol. The minimum atomic E-state index is 1.23. The Morgan fingerprint density at radius 3 is 1.49 bits per heavy atom. The Hall–Kier alpha value is -4.72. The Bertz CT molecular complexity index is 1880. The van der Waals surface area contributed by atoms with Crippen molar-refractivity contribution < 1.29 is 0 Å². The van der Waals surface area contributed by atoms with E-state index in [-0.39, 0.29) is 0 Å². The van der Waals surface area contributed by atoms with Crippen molar-refractivity contribution >= 4 is 22.1 Å². The van der Waals surface area contributed by atoms with Crippen LogP contribution in [0.15, 0.2) is 158 Å². The molecule has 0 fully saturated rings. The Morgan fingerprint density at radius 1 is 0.308 bits per heavy atom. The second kappa shape index (κ2) is 10.2. The van der Waals surface area contributed by atoms with Crippen LogP contribution in [0.5, 0.6) is 0 Å². The van der Waals surface area contributed by atoms with Gasteiger partial charge in [0.05, 0.1) is 0 Å². The van der Waals surface area contributed by atoms with Crippen molar-refractivity contribution in [2.45, 2.75) is 0 Å². The molecule has 0 unspecified atom stereocenters. The molecule has 0 bridgehead atoms. The van der Waals surface area contributed by atoms with Crippen LogP contribution >= 0.6 is 11.3 Å². The van der Waals surface area contributed by atoms with E-state index >= 15 is 0 Å². The molecule has 184 valence electrons. The molecule has 39 heavy (non-hydrogen) atoms. The molecule has 0 aliphatic rings. The second-order valence-electron chi connectivity index (χ2n) is 9.71. The summed E-state index contributed by atoms with van der Waals surface area (Å²) in [6.45, 7) is 0. The molecule has 1 heteroatoms. The van der Waals surface area contributed by atoms with Gasteiger partial charge in [-0.05, 0) is 45.0 Å². The highest BCUT2D eigenvalue weighted by Gasteiger charge is 2.20. The standard InChI is InChI=1S/C38H26S/c1-4-14-27(15-5-1)30-20-12-21-31(26-30)37-33-22-10-11-23-34(33)38(39-37)35-25-13-24-32(28-16-6-2-7-17-28)36(35)29-18-8-3-9-19-29/h1-26H. The molecule has 0 amide bonds. The molecule has 1 aromatic heterocycles. The van der Waals surface area contributed by atoms with Crippen LogP contribution in [-0.4, -0.2) is 0 Å². The van der Waals surface area contributed by atoms with Gasteiger partial charge in [-0.15, -0.1) is 11.3 Å². The van der Waals surface area contributed by atoms with E-state index in [9.17, 15) is 0 Å². The maximum atomic E-state index is 2.33. The van der Waals surface area contributed by atoms with Crippen LogP contribution in [0.3, 0.4) is 0 Å². The molecule has 0 N–H and O–H groups in total. The average Bonchev–Trinajstić information content (AvgIpc) is 3.42. The summed E-state index contributed by atoms with van der Waals surface area (Å²) in [7, 11) is 0. The summed E-state index contributed by atoms with van der Waals surface area (Å²) >= 11 is 1.90. The van der Waals surface area contributed by atoms with E-state index in [1.807, 2.05) is 11.3 Å². The van der Waals surface area contributed by atoms with Gasteiger partial charge in [-0.3, -0.25) is 0 Å². The fourth-order valence-corrected chi connectivity index (χ4v) is 6.80. The summed E-state index contributed by atoms with van der Waals surface area (Å²) in [6, 6.07) is 56.7. The highest BCUT2D eigenvalue weighted by atomic mass is 32.1. The van der Waals surface area contributed by atoms with Gasteiger partial charge in [0, 0.05) is 26.1 Å². The van der Waals surface area contributed by atoms with E-state index in [0.717, 1.165) is 0 Å². The summed E-state index contributed by atoms with van der Waals surface area (Å²) in [5.74, 6) is 0. The van der Waals surface area contributed by atoms with Crippen molar-refractivity contribution in [3.05, 3.63) is 158 Å². The number of hydrogen-bond donors (Lipinski definition) is 0. The zero-order chi connectivity index (χ0) is 26.0. The number of rotatable bonds is 5. The van der Waals surface area contributed by atoms with Gasteiger partial charge in [0.25, 0.3) is 0 Å². The van der Waals surface area contributed by atoms with Gasteiger partial charge < -0.3 is 0 Å². The van der Waals surface area contributed by atoms with Gasteiger partial charge in [0.1, 0.15) is 0 Å². The Balaban J connectivity index is 1.47. The van der Waals surface area contributed by atoms with Crippen molar-refractivity contribution in [1.82, 2.24) is 0 Å². The molecule has 0 spiro atoms. The van der Waals surface area contributed by atoms with Crippen LogP contribution in [-0.2, 0) is 0 Å². The van der Waals surface area contributed by atoms with E-state index < -0.39 is 0 Å². The smallest absolute Gasteiger partial charge is 0.0434 e. The Labute approximate surface area is 233 Å². The lowest BCUT2D eigenvalue weighted by molar-refractivity contribution is 1.58. The van der Waals surface area contributed by atoms with Crippen LogP contribution in [0, 0.1) is 0 Å². The summed E-state index contributed by atoms with van der Waals surface area (Å²) in [6.07, 6.45) is 0. The molecular weight excluding hydrogens is 488 g/mol. The third-order valence-electron chi connectivity index (χ3n) is 7.31. The molecule has 1 heterocycles. The molecule has 7 aromatic rings. The maximum Gasteiger partial charge on any atom is 0.0434 e. The zero-order valence-electron chi connectivity index (χ0n) is 21.4. The zero-order valence-corrected chi connectivity index (χ0v) is 22.2. The van der Waals surface area contributed by atoms with Crippen LogP contribution in [0.25, 0.3) is 65.0 Å². The Kier molecular flexibility index (Phi) is 6.13. The average molecular weight is 515 g/mol. The molecule has 0 saturated carbocycles. The minimum absolute atomic E-state index is 1.23. The van der Waals surface area contributed by atoms with E-state index in [4.69, 9.17) is 0 Å². The second-order valence-corrected chi connectivity index (χ2v) is 10.7. The van der Waals surface area contributed by atoms with Crippen molar-refractivity contribution in [2.24, 2.45) is 0 Å². The predicted octanol–water partition coefficient (Wildman–Crippen LogP) is 11.2. The largest absolute Gasteiger partial charge is 0.134 e. The maximum absolute atomic E-state index is 2.33. The normalized spacial score (nSPS) is 11.1. The minimum Gasteiger partial charge on any atom is -0.134 e. The van der Waals surface area contributed by atoms with Crippen molar-refractivity contribution in [1.29, 1.82) is 0 Å². The first kappa shape index (κ1) is 23.4. The molecule has 0 atom stereocenters. The third kappa shape index (κ3) is 4.37. The summed E-state index contributed by atoms with van der Waals surface area (Å²) in [5, 5.41) is 2.59. The van der Waals surface area contributed by atoms with Crippen molar-refractivity contribution in [3.8, 4) is 54.3 Å². The van der Waals surface area contributed by atoms with Crippen LogP contribution in [0.2, 0.25) is 0 Å². The summed E-state index contributed by atoms with van der Waals surface area (Å²) < 4.78 is 0. The van der Waals surface area contributed by atoms with E-state index in [2.05, 4.69) is 158 Å². The SMILES string of the molecule is c1ccc(-c2cccc(-c3sc(-c4cccc(-c5ccccc5)c4-c4ccccc4)c4ccccc34)c2)cc1. The molecule has 0 aliphatic carbocycles. The van der Waals surface area contributed by atoms with Gasteiger partial charge in [0.2, 0.25) is 0 Å². The molecule has 6 aromatic carbocycles. The molecular formula is C38H26S. The third-order valence-corrected chi connectivity index (χ3v) is 8.61.